The summed E-state index contributed by atoms with van der Waals surface area (Å²) in [7, 11) is 0. The predicted octanol–water partition coefficient (Wildman–Crippen LogP) is 2.00. The van der Waals surface area contributed by atoms with Crippen LogP contribution < -0.4 is 5.43 Å². The van der Waals surface area contributed by atoms with Crippen LogP contribution in [-0.2, 0) is 0 Å². The fourth-order valence-corrected chi connectivity index (χ4v) is 2.59. The van der Waals surface area contributed by atoms with Gasteiger partial charge in [-0.1, -0.05) is 12.1 Å². The molecular formula is C18H14N4O5. The van der Waals surface area contributed by atoms with Crippen molar-refractivity contribution in [2.45, 2.75) is 6.92 Å². The number of nitrogens with zero attached hydrogens (tertiary/aromatic N) is 3. The highest BCUT2D eigenvalue weighted by Crippen LogP contribution is 2.22. The average molecular weight is 366 g/mol. The minimum absolute atomic E-state index is 0.0626. The Labute approximate surface area is 153 Å². The van der Waals surface area contributed by atoms with Crippen LogP contribution in [0.4, 0.5) is 5.69 Å². The van der Waals surface area contributed by atoms with E-state index in [-0.39, 0.29) is 17.8 Å². The fourth-order valence-electron chi connectivity index (χ4n) is 2.59. The molecule has 1 aliphatic rings. The van der Waals surface area contributed by atoms with Crippen molar-refractivity contribution in [3.05, 3.63) is 75.3 Å². The lowest BCUT2D eigenvalue weighted by atomic mass is 10.1. The molecule has 136 valence electrons. The molecule has 0 saturated carbocycles. The molecule has 1 N–H and O–H groups in total. The molecule has 1 heterocycles. The van der Waals surface area contributed by atoms with Crippen LogP contribution in [-0.4, -0.2) is 39.8 Å². The maximum atomic E-state index is 12.3. The Morgan fingerprint density at radius 3 is 2.15 bits per heavy atom. The van der Waals surface area contributed by atoms with Gasteiger partial charge in [0.15, 0.2) is 0 Å². The van der Waals surface area contributed by atoms with Gasteiger partial charge in [0.05, 0.1) is 28.3 Å². The number of hydrazone groups is 1. The number of hydrogen-bond acceptors (Lipinski definition) is 6. The first-order valence-electron chi connectivity index (χ1n) is 7.91. The molecule has 0 aliphatic carbocycles. The Morgan fingerprint density at radius 1 is 1.07 bits per heavy atom. The van der Waals surface area contributed by atoms with Gasteiger partial charge in [0, 0.05) is 17.7 Å². The number of nitro groups is 1. The van der Waals surface area contributed by atoms with Crippen molar-refractivity contribution in [2.75, 3.05) is 6.54 Å². The Balaban J connectivity index is 1.65. The summed E-state index contributed by atoms with van der Waals surface area (Å²) in [6, 6.07) is 11.6. The second-order valence-corrected chi connectivity index (χ2v) is 5.83. The van der Waals surface area contributed by atoms with Gasteiger partial charge >= 0.3 is 0 Å². The molecule has 0 fully saturated rings. The van der Waals surface area contributed by atoms with E-state index in [1.165, 1.54) is 24.3 Å². The third-order valence-electron chi connectivity index (χ3n) is 3.95. The van der Waals surface area contributed by atoms with Crippen molar-refractivity contribution in [1.82, 2.24) is 10.3 Å². The molecule has 27 heavy (non-hydrogen) atoms. The maximum Gasteiger partial charge on any atom is 0.271 e. The molecule has 2 aromatic carbocycles. The van der Waals surface area contributed by atoms with Crippen LogP contribution >= 0.6 is 0 Å². The molecular weight excluding hydrogens is 352 g/mol. The second kappa shape index (κ2) is 7.16. The molecule has 0 atom stereocenters. The number of carbonyl (C=O) groups excluding carboxylic acids is 3. The van der Waals surface area contributed by atoms with E-state index in [1.807, 2.05) is 0 Å². The van der Waals surface area contributed by atoms with Crippen LogP contribution in [0.1, 0.15) is 38.0 Å². The van der Waals surface area contributed by atoms with Gasteiger partial charge in [-0.15, -0.1) is 0 Å². The standard InChI is InChI=1S/C18H14N4O5/c1-11(10-21-17(24)14-4-2-3-5-15(14)18(21)25)19-20-16(23)12-6-8-13(9-7-12)22(26)27/h2-9H,10H2,1H3,(H,20,23)/b19-11+. The summed E-state index contributed by atoms with van der Waals surface area (Å²) < 4.78 is 0. The summed E-state index contributed by atoms with van der Waals surface area (Å²) in [5.41, 5.74) is 3.39. The summed E-state index contributed by atoms with van der Waals surface area (Å²) in [6.45, 7) is 1.51. The van der Waals surface area contributed by atoms with E-state index in [9.17, 15) is 24.5 Å². The van der Waals surface area contributed by atoms with Crippen LogP contribution in [0.2, 0.25) is 0 Å². The Morgan fingerprint density at radius 2 is 1.63 bits per heavy atom. The minimum atomic E-state index is -0.563. The van der Waals surface area contributed by atoms with Crippen molar-refractivity contribution in [2.24, 2.45) is 5.10 Å². The number of carbonyl (C=O) groups is 3. The summed E-state index contributed by atoms with van der Waals surface area (Å²) in [4.78, 5) is 47.7. The lowest BCUT2D eigenvalue weighted by Gasteiger charge is -2.13. The zero-order valence-corrected chi connectivity index (χ0v) is 14.2. The molecule has 2 aromatic rings. The van der Waals surface area contributed by atoms with Gasteiger partial charge in [-0.05, 0) is 31.2 Å². The Bertz CT molecular complexity index is 947. The number of imide groups is 1. The molecule has 0 unspecified atom stereocenters. The lowest BCUT2D eigenvalue weighted by Crippen LogP contribution is -2.35. The van der Waals surface area contributed by atoms with E-state index < -0.39 is 22.6 Å². The molecule has 9 nitrogen and oxygen atoms in total. The van der Waals surface area contributed by atoms with E-state index >= 15 is 0 Å². The van der Waals surface area contributed by atoms with Gasteiger partial charge in [-0.25, -0.2) is 5.43 Å². The van der Waals surface area contributed by atoms with Crippen LogP contribution in [0.3, 0.4) is 0 Å². The largest absolute Gasteiger partial charge is 0.271 e. The molecule has 3 rings (SSSR count). The first-order valence-corrected chi connectivity index (χ1v) is 7.91. The highest BCUT2D eigenvalue weighted by Gasteiger charge is 2.35. The normalized spacial score (nSPS) is 13.5. The fraction of sp³-hybridized carbons (Fsp3) is 0.111. The van der Waals surface area contributed by atoms with Gasteiger partial charge in [0.25, 0.3) is 23.4 Å². The highest BCUT2D eigenvalue weighted by molar-refractivity contribution is 6.22. The Hall–Kier alpha value is -3.88. The monoisotopic (exact) mass is 366 g/mol. The smallest absolute Gasteiger partial charge is 0.269 e. The van der Waals surface area contributed by atoms with E-state index in [0.717, 1.165) is 4.90 Å². The van der Waals surface area contributed by atoms with E-state index in [0.29, 0.717) is 16.8 Å². The van der Waals surface area contributed by atoms with Crippen LogP contribution in [0.25, 0.3) is 0 Å². The summed E-state index contributed by atoms with van der Waals surface area (Å²) >= 11 is 0. The molecule has 0 spiro atoms. The number of rotatable bonds is 5. The number of amides is 3. The van der Waals surface area contributed by atoms with Gasteiger partial charge < -0.3 is 0 Å². The first-order chi connectivity index (χ1) is 12.9. The van der Waals surface area contributed by atoms with Crippen LogP contribution in [0.5, 0.6) is 0 Å². The zero-order chi connectivity index (χ0) is 19.6. The minimum Gasteiger partial charge on any atom is -0.269 e. The molecule has 9 heteroatoms. The van der Waals surface area contributed by atoms with Gasteiger partial charge in [-0.2, -0.15) is 5.10 Å². The molecule has 3 amide bonds. The van der Waals surface area contributed by atoms with E-state index in [1.54, 1.807) is 31.2 Å². The van der Waals surface area contributed by atoms with Crippen LogP contribution in [0.15, 0.2) is 53.6 Å². The highest BCUT2D eigenvalue weighted by atomic mass is 16.6. The van der Waals surface area contributed by atoms with Crippen molar-refractivity contribution in [3.63, 3.8) is 0 Å². The van der Waals surface area contributed by atoms with E-state index in [2.05, 4.69) is 10.5 Å². The number of nitro benzene ring substituents is 1. The number of hydrogen-bond donors (Lipinski definition) is 1. The second-order valence-electron chi connectivity index (χ2n) is 5.83. The third kappa shape index (κ3) is 3.56. The third-order valence-corrected chi connectivity index (χ3v) is 3.95. The topological polar surface area (TPSA) is 122 Å². The van der Waals surface area contributed by atoms with Crippen molar-refractivity contribution in [1.29, 1.82) is 0 Å². The average Bonchev–Trinajstić information content (AvgIpc) is 2.91. The number of benzene rings is 2. The zero-order valence-electron chi connectivity index (χ0n) is 14.2. The Kier molecular flexibility index (Phi) is 4.75. The van der Waals surface area contributed by atoms with Gasteiger partial charge in [0.1, 0.15) is 0 Å². The summed E-state index contributed by atoms with van der Waals surface area (Å²) in [6.07, 6.45) is 0. The SMILES string of the molecule is C/C(CN1C(=O)c2ccccc2C1=O)=N\NC(=O)c1ccc([N+](=O)[O-])cc1. The molecule has 0 bridgehead atoms. The van der Waals surface area contributed by atoms with Gasteiger partial charge in [-0.3, -0.25) is 29.4 Å². The van der Waals surface area contributed by atoms with Crippen molar-refractivity contribution < 1.29 is 19.3 Å². The lowest BCUT2D eigenvalue weighted by molar-refractivity contribution is -0.384. The number of fused-ring (bicyclic) bond motifs is 1. The quantitative estimate of drug-likeness (QED) is 0.375. The number of non-ortho nitro benzene ring substituents is 1. The molecule has 0 radical (unpaired) electrons. The van der Waals surface area contributed by atoms with Crippen molar-refractivity contribution in [3.8, 4) is 0 Å². The summed E-state index contributed by atoms with van der Waals surface area (Å²) in [5, 5.41) is 14.5. The van der Waals surface area contributed by atoms with E-state index in [4.69, 9.17) is 0 Å². The predicted molar refractivity (Wildman–Crippen MR) is 95.5 cm³/mol. The molecule has 0 aromatic heterocycles. The molecule has 0 saturated heterocycles. The first kappa shape index (κ1) is 17.9. The van der Waals surface area contributed by atoms with Gasteiger partial charge in [0.2, 0.25) is 0 Å². The van der Waals surface area contributed by atoms with Crippen LogP contribution in [0, 0.1) is 10.1 Å². The van der Waals surface area contributed by atoms with Crippen molar-refractivity contribution >= 4 is 29.1 Å². The number of nitrogens with one attached hydrogen (secondary N) is 1. The molecule has 1 aliphatic heterocycles. The summed E-state index contributed by atoms with van der Waals surface area (Å²) in [5.74, 6) is -1.38. The maximum absolute atomic E-state index is 12.3.